The van der Waals surface area contributed by atoms with Gasteiger partial charge in [0.2, 0.25) is 0 Å². The van der Waals surface area contributed by atoms with E-state index in [1.807, 2.05) is 27.7 Å². The standard InChI is InChI=1S/C8H16.C7H16.2C2H6/c1-2-8-6-4-3-5-7-8;1-3-5-7-6-4-2;2*1-2/h8H,2-7H2,1H3;3-7H2,1-2H3;2*1-2H3. The molecule has 1 rings (SSSR count). The van der Waals surface area contributed by atoms with Crippen LogP contribution in [-0.2, 0) is 0 Å². The summed E-state index contributed by atoms with van der Waals surface area (Å²) in [5.41, 5.74) is 0. The van der Waals surface area contributed by atoms with Crippen molar-refractivity contribution in [1.29, 1.82) is 0 Å². The lowest BCUT2D eigenvalue weighted by atomic mass is 9.88. The Morgan fingerprint density at radius 1 is 0.632 bits per heavy atom. The predicted molar refractivity (Wildman–Crippen MR) is 94.0 cm³/mol. The summed E-state index contributed by atoms with van der Waals surface area (Å²) in [6.07, 6.45) is 15.9. The molecule has 1 fully saturated rings. The molecule has 0 saturated heterocycles. The molecule has 0 aromatic heterocycles. The van der Waals surface area contributed by atoms with Gasteiger partial charge >= 0.3 is 0 Å². The summed E-state index contributed by atoms with van der Waals surface area (Å²) in [5.74, 6) is 1.09. The van der Waals surface area contributed by atoms with Gasteiger partial charge in [-0.25, -0.2) is 0 Å². The van der Waals surface area contributed by atoms with Crippen LogP contribution < -0.4 is 0 Å². The van der Waals surface area contributed by atoms with Gasteiger partial charge in [0.05, 0.1) is 0 Å². The van der Waals surface area contributed by atoms with Gasteiger partial charge in [0, 0.05) is 0 Å². The molecule has 1 aliphatic rings. The summed E-state index contributed by atoms with van der Waals surface area (Å²) >= 11 is 0. The summed E-state index contributed by atoms with van der Waals surface area (Å²) in [6, 6.07) is 0. The van der Waals surface area contributed by atoms with Crippen molar-refractivity contribution < 1.29 is 0 Å². The molecule has 0 aromatic rings. The number of unbranched alkanes of at least 4 members (excludes halogenated alkanes) is 4. The maximum atomic E-state index is 2.32. The molecule has 0 unspecified atom stereocenters. The maximum absolute atomic E-state index is 2.32. The van der Waals surface area contributed by atoms with Gasteiger partial charge < -0.3 is 0 Å². The van der Waals surface area contributed by atoms with Crippen LogP contribution in [0.4, 0.5) is 0 Å². The molecule has 120 valence electrons. The maximum Gasteiger partial charge on any atom is -0.0417 e. The third kappa shape index (κ3) is 23.5. The van der Waals surface area contributed by atoms with E-state index >= 15 is 0 Å². The second-order valence-corrected chi connectivity index (χ2v) is 4.97. The summed E-state index contributed by atoms with van der Waals surface area (Å²) in [6.45, 7) is 14.8. The van der Waals surface area contributed by atoms with Gasteiger partial charge in [-0.15, -0.1) is 0 Å². The van der Waals surface area contributed by atoms with Crippen molar-refractivity contribution in [2.45, 2.75) is 119 Å². The number of hydrogen-bond donors (Lipinski definition) is 0. The van der Waals surface area contributed by atoms with E-state index in [1.165, 1.54) is 70.6 Å². The van der Waals surface area contributed by atoms with Crippen LogP contribution in [0.2, 0.25) is 0 Å². The summed E-state index contributed by atoms with van der Waals surface area (Å²) in [5, 5.41) is 0. The molecule has 0 nitrogen and oxygen atoms in total. The molecule has 0 atom stereocenters. The van der Waals surface area contributed by atoms with Crippen LogP contribution in [0.25, 0.3) is 0 Å². The smallest absolute Gasteiger partial charge is 0.0417 e. The van der Waals surface area contributed by atoms with E-state index in [-0.39, 0.29) is 0 Å². The van der Waals surface area contributed by atoms with E-state index in [0.29, 0.717) is 0 Å². The zero-order chi connectivity index (χ0) is 15.4. The molecular formula is C19H44. The molecule has 0 bridgehead atoms. The predicted octanol–water partition coefficient (Wildman–Crippen LogP) is 8.01. The SMILES string of the molecule is CC.CC.CCC1CCCCC1.CCCCCCC. The molecule has 0 heteroatoms. The molecule has 0 heterocycles. The zero-order valence-electron chi connectivity index (χ0n) is 15.4. The molecule has 1 aliphatic carbocycles. The van der Waals surface area contributed by atoms with Crippen molar-refractivity contribution >= 4 is 0 Å². The average molecular weight is 273 g/mol. The van der Waals surface area contributed by atoms with Crippen molar-refractivity contribution in [2.24, 2.45) is 5.92 Å². The second kappa shape index (κ2) is 26.5. The van der Waals surface area contributed by atoms with Crippen LogP contribution in [0.15, 0.2) is 0 Å². The minimum absolute atomic E-state index is 1.09. The van der Waals surface area contributed by atoms with E-state index in [2.05, 4.69) is 20.8 Å². The van der Waals surface area contributed by atoms with Gasteiger partial charge in [0.15, 0.2) is 0 Å². The Labute approximate surface area is 125 Å². The molecular weight excluding hydrogens is 228 g/mol. The Hall–Kier alpha value is 0. The first-order chi connectivity index (χ1) is 9.35. The molecule has 0 aliphatic heterocycles. The lowest BCUT2D eigenvalue weighted by Crippen LogP contribution is -2.03. The highest BCUT2D eigenvalue weighted by atomic mass is 14.2. The topological polar surface area (TPSA) is 0 Å². The Kier molecular flexibility index (Phi) is 33.6. The minimum atomic E-state index is 1.09. The summed E-state index contributed by atoms with van der Waals surface area (Å²) in [4.78, 5) is 0. The van der Waals surface area contributed by atoms with Gasteiger partial charge in [0.25, 0.3) is 0 Å². The van der Waals surface area contributed by atoms with E-state index in [0.717, 1.165) is 5.92 Å². The fourth-order valence-corrected chi connectivity index (χ4v) is 2.27. The zero-order valence-corrected chi connectivity index (χ0v) is 15.4. The highest BCUT2D eigenvalue weighted by Gasteiger charge is 2.09. The number of hydrogen-bond acceptors (Lipinski definition) is 0. The Balaban J connectivity index is -0.000000215. The van der Waals surface area contributed by atoms with Crippen molar-refractivity contribution in [3.05, 3.63) is 0 Å². The van der Waals surface area contributed by atoms with Crippen LogP contribution in [0.1, 0.15) is 119 Å². The van der Waals surface area contributed by atoms with Gasteiger partial charge in [-0.05, 0) is 5.92 Å². The van der Waals surface area contributed by atoms with E-state index < -0.39 is 0 Å². The first-order valence-electron chi connectivity index (χ1n) is 9.35. The highest BCUT2D eigenvalue weighted by Crippen LogP contribution is 2.25. The van der Waals surface area contributed by atoms with Crippen LogP contribution in [0.3, 0.4) is 0 Å². The first-order valence-corrected chi connectivity index (χ1v) is 9.35. The van der Waals surface area contributed by atoms with Crippen LogP contribution in [0, 0.1) is 5.92 Å². The Bertz CT molecular complexity index is 96.6. The molecule has 0 amide bonds. The largest absolute Gasteiger partial charge is 0.0683 e. The van der Waals surface area contributed by atoms with Gasteiger partial charge in [-0.2, -0.15) is 0 Å². The molecule has 19 heavy (non-hydrogen) atoms. The van der Waals surface area contributed by atoms with E-state index in [1.54, 1.807) is 0 Å². The third-order valence-electron chi connectivity index (χ3n) is 3.51. The fourth-order valence-electron chi connectivity index (χ4n) is 2.27. The van der Waals surface area contributed by atoms with E-state index in [4.69, 9.17) is 0 Å². The Morgan fingerprint density at radius 3 is 1.32 bits per heavy atom. The van der Waals surface area contributed by atoms with Crippen molar-refractivity contribution in [1.82, 2.24) is 0 Å². The fraction of sp³-hybridized carbons (Fsp3) is 1.00. The first kappa shape index (κ1) is 24.0. The lowest BCUT2D eigenvalue weighted by molar-refractivity contribution is 0.349. The third-order valence-corrected chi connectivity index (χ3v) is 3.51. The van der Waals surface area contributed by atoms with Gasteiger partial charge in [-0.3, -0.25) is 0 Å². The van der Waals surface area contributed by atoms with Crippen molar-refractivity contribution in [2.75, 3.05) is 0 Å². The molecule has 0 spiro atoms. The summed E-state index contributed by atoms with van der Waals surface area (Å²) in [7, 11) is 0. The molecule has 0 aromatic carbocycles. The van der Waals surface area contributed by atoms with Gasteiger partial charge in [0.1, 0.15) is 0 Å². The van der Waals surface area contributed by atoms with Crippen LogP contribution >= 0.6 is 0 Å². The van der Waals surface area contributed by atoms with Gasteiger partial charge in [-0.1, -0.05) is 119 Å². The lowest BCUT2D eigenvalue weighted by Gasteiger charge is -2.18. The Morgan fingerprint density at radius 2 is 1.05 bits per heavy atom. The highest BCUT2D eigenvalue weighted by molar-refractivity contribution is 4.63. The monoisotopic (exact) mass is 272 g/mol. The molecule has 0 radical (unpaired) electrons. The summed E-state index contributed by atoms with van der Waals surface area (Å²) < 4.78 is 0. The minimum Gasteiger partial charge on any atom is -0.0683 e. The van der Waals surface area contributed by atoms with Crippen molar-refractivity contribution in [3.8, 4) is 0 Å². The van der Waals surface area contributed by atoms with Crippen LogP contribution in [-0.4, -0.2) is 0 Å². The number of rotatable bonds is 5. The van der Waals surface area contributed by atoms with Crippen LogP contribution in [0.5, 0.6) is 0 Å². The average Bonchev–Trinajstić information content (AvgIpc) is 2.53. The quantitative estimate of drug-likeness (QED) is 0.445. The van der Waals surface area contributed by atoms with Crippen molar-refractivity contribution in [3.63, 3.8) is 0 Å². The molecule has 0 N–H and O–H groups in total. The second-order valence-electron chi connectivity index (χ2n) is 4.97. The normalized spacial score (nSPS) is 14.1. The van der Waals surface area contributed by atoms with E-state index in [9.17, 15) is 0 Å². The molecule has 1 saturated carbocycles.